The van der Waals surface area contributed by atoms with Crippen molar-refractivity contribution in [3.05, 3.63) is 0 Å². The van der Waals surface area contributed by atoms with E-state index in [1.165, 1.54) is 0 Å². The molecule has 106 valence electrons. The van der Waals surface area contributed by atoms with E-state index in [0.29, 0.717) is 6.04 Å². The molecule has 1 rings (SSSR count). The van der Waals surface area contributed by atoms with Gasteiger partial charge in [0.15, 0.2) is 0 Å². The third kappa shape index (κ3) is 6.26. The summed E-state index contributed by atoms with van der Waals surface area (Å²) in [5.41, 5.74) is 0. The van der Waals surface area contributed by atoms with Gasteiger partial charge in [0.25, 0.3) is 6.43 Å². The minimum Gasteiger partial charge on any atom is -0.375 e. The van der Waals surface area contributed by atoms with Gasteiger partial charge in [-0.2, -0.15) is 0 Å². The predicted octanol–water partition coefficient (Wildman–Crippen LogP) is 1.30. The number of carbonyl (C=O) groups excluding carboxylic acids is 1. The van der Waals surface area contributed by atoms with Crippen LogP contribution in [0.3, 0.4) is 0 Å². The van der Waals surface area contributed by atoms with Gasteiger partial charge in [0.05, 0.1) is 6.61 Å². The third-order valence-electron chi connectivity index (χ3n) is 3.22. The van der Waals surface area contributed by atoms with Gasteiger partial charge in [-0.05, 0) is 32.7 Å². The molecule has 0 heterocycles. The molecule has 1 aliphatic carbocycles. The summed E-state index contributed by atoms with van der Waals surface area (Å²) in [4.78, 5) is 11.5. The Bertz CT molecular complexity index is 244. The average molecular weight is 264 g/mol. The van der Waals surface area contributed by atoms with Crippen molar-refractivity contribution in [2.24, 2.45) is 0 Å². The molecule has 1 aliphatic rings. The molecule has 0 aromatic heterocycles. The van der Waals surface area contributed by atoms with Gasteiger partial charge in [-0.3, -0.25) is 4.79 Å². The van der Waals surface area contributed by atoms with Crippen LogP contribution in [0.15, 0.2) is 0 Å². The van der Waals surface area contributed by atoms with Gasteiger partial charge in [0.2, 0.25) is 5.91 Å². The van der Waals surface area contributed by atoms with E-state index in [4.69, 9.17) is 0 Å². The van der Waals surface area contributed by atoms with Crippen LogP contribution in [0.4, 0.5) is 8.78 Å². The molecule has 0 aliphatic heterocycles. The number of hydrogen-bond donors (Lipinski definition) is 2. The molecule has 1 fully saturated rings. The number of alkyl halides is 2. The first-order valence-corrected chi connectivity index (χ1v) is 6.44. The van der Waals surface area contributed by atoms with Gasteiger partial charge in [-0.25, -0.2) is 8.78 Å². The summed E-state index contributed by atoms with van der Waals surface area (Å²) in [6, 6.07) is 0.768. The van der Waals surface area contributed by atoms with E-state index >= 15 is 0 Å². The van der Waals surface area contributed by atoms with Gasteiger partial charge < -0.3 is 15.4 Å². The fraction of sp³-hybridized carbons (Fsp3) is 0.917. The Morgan fingerprint density at radius 2 is 1.89 bits per heavy atom. The molecule has 0 saturated heterocycles. The second-order valence-corrected chi connectivity index (χ2v) is 4.62. The van der Waals surface area contributed by atoms with E-state index in [9.17, 15) is 13.6 Å². The molecule has 1 amide bonds. The van der Waals surface area contributed by atoms with E-state index in [1.807, 2.05) is 7.05 Å². The molecular weight excluding hydrogens is 242 g/mol. The lowest BCUT2D eigenvalue weighted by atomic mass is 9.91. The molecule has 0 aromatic rings. The van der Waals surface area contributed by atoms with E-state index in [-0.39, 0.29) is 25.0 Å². The number of amides is 1. The highest BCUT2D eigenvalue weighted by Crippen LogP contribution is 2.18. The second-order valence-electron chi connectivity index (χ2n) is 4.62. The summed E-state index contributed by atoms with van der Waals surface area (Å²) in [5.74, 6) is -0.114. The largest absolute Gasteiger partial charge is 0.375 e. The summed E-state index contributed by atoms with van der Waals surface area (Å²) in [7, 11) is 1.95. The molecule has 4 nitrogen and oxygen atoms in total. The summed E-state index contributed by atoms with van der Waals surface area (Å²) >= 11 is 0. The monoisotopic (exact) mass is 264 g/mol. The lowest BCUT2D eigenvalue weighted by Crippen LogP contribution is -2.41. The quantitative estimate of drug-likeness (QED) is 0.682. The van der Waals surface area contributed by atoms with E-state index in [1.54, 1.807) is 0 Å². The van der Waals surface area contributed by atoms with Crippen LogP contribution in [-0.2, 0) is 9.53 Å². The van der Waals surface area contributed by atoms with Crippen molar-refractivity contribution in [2.75, 3.05) is 20.3 Å². The Morgan fingerprint density at radius 3 is 2.44 bits per heavy atom. The van der Waals surface area contributed by atoms with Gasteiger partial charge in [0.1, 0.15) is 6.61 Å². The Morgan fingerprint density at radius 1 is 1.28 bits per heavy atom. The number of carbonyl (C=O) groups is 1. The SMILES string of the molecule is CNC1CCC(NC(=O)CCOCC(F)F)CC1. The van der Waals surface area contributed by atoms with Crippen molar-refractivity contribution in [3.63, 3.8) is 0 Å². The lowest BCUT2D eigenvalue weighted by Gasteiger charge is -2.28. The standard InChI is InChI=1S/C12H22F2N2O2/c1-15-9-2-4-10(5-3-9)16-12(17)6-7-18-8-11(13)14/h9-11,15H,2-8H2,1H3,(H,16,17). The minimum absolute atomic E-state index is 0.0576. The van der Waals surface area contributed by atoms with Crippen LogP contribution in [-0.4, -0.2) is 44.7 Å². The minimum atomic E-state index is -2.47. The maximum atomic E-state index is 11.8. The highest BCUT2D eigenvalue weighted by molar-refractivity contribution is 5.76. The fourth-order valence-electron chi connectivity index (χ4n) is 2.16. The first-order valence-electron chi connectivity index (χ1n) is 6.44. The van der Waals surface area contributed by atoms with Crippen LogP contribution in [0.25, 0.3) is 0 Å². The summed E-state index contributed by atoms with van der Waals surface area (Å²) in [5, 5.41) is 6.14. The summed E-state index contributed by atoms with van der Waals surface area (Å²) in [6.45, 7) is -0.539. The van der Waals surface area contributed by atoms with Gasteiger partial charge in [0, 0.05) is 18.5 Å². The number of nitrogens with one attached hydrogen (secondary N) is 2. The average Bonchev–Trinajstić information content (AvgIpc) is 2.35. The molecule has 0 atom stereocenters. The third-order valence-corrected chi connectivity index (χ3v) is 3.22. The normalized spacial score (nSPS) is 24.2. The number of halogens is 2. The van der Waals surface area contributed by atoms with E-state index < -0.39 is 13.0 Å². The van der Waals surface area contributed by atoms with Crippen molar-refractivity contribution in [1.29, 1.82) is 0 Å². The zero-order chi connectivity index (χ0) is 13.4. The Kier molecular flexibility index (Phi) is 7.12. The zero-order valence-corrected chi connectivity index (χ0v) is 10.8. The topological polar surface area (TPSA) is 50.4 Å². The van der Waals surface area contributed by atoms with E-state index in [0.717, 1.165) is 25.7 Å². The van der Waals surface area contributed by atoms with Crippen LogP contribution >= 0.6 is 0 Å². The molecule has 0 bridgehead atoms. The highest BCUT2D eigenvalue weighted by Gasteiger charge is 2.20. The molecule has 2 N–H and O–H groups in total. The second kappa shape index (κ2) is 8.37. The molecule has 0 radical (unpaired) electrons. The summed E-state index contributed by atoms with van der Waals surface area (Å²) < 4.78 is 28.2. The molecule has 18 heavy (non-hydrogen) atoms. The first kappa shape index (κ1) is 15.3. The van der Waals surface area contributed by atoms with Crippen molar-refractivity contribution in [3.8, 4) is 0 Å². The summed E-state index contributed by atoms with van der Waals surface area (Å²) in [6.07, 6.45) is 1.74. The number of ether oxygens (including phenoxy) is 1. The number of rotatable bonds is 7. The molecule has 6 heteroatoms. The molecule has 0 spiro atoms. The van der Waals surface area contributed by atoms with Crippen LogP contribution in [0.2, 0.25) is 0 Å². The van der Waals surface area contributed by atoms with Crippen LogP contribution in [0.5, 0.6) is 0 Å². The maximum absolute atomic E-state index is 11.8. The van der Waals surface area contributed by atoms with Gasteiger partial charge in [-0.1, -0.05) is 0 Å². The predicted molar refractivity (Wildman–Crippen MR) is 64.7 cm³/mol. The highest BCUT2D eigenvalue weighted by atomic mass is 19.3. The molecule has 0 unspecified atom stereocenters. The van der Waals surface area contributed by atoms with Crippen molar-refractivity contribution >= 4 is 5.91 Å². The maximum Gasteiger partial charge on any atom is 0.261 e. The number of hydrogen-bond acceptors (Lipinski definition) is 3. The Labute approximate surface area is 106 Å². The van der Waals surface area contributed by atoms with Gasteiger partial charge in [-0.15, -0.1) is 0 Å². The molecular formula is C12H22F2N2O2. The molecule has 1 saturated carbocycles. The fourth-order valence-corrected chi connectivity index (χ4v) is 2.16. The lowest BCUT2D eigenvalue weighted by molar-refractivity contribution is -0.123. The van der Waals surface area contributed by atoms with Crippen molar-refractivity contribution < 1.29 is 18.3 Å². The van der Waals surface area contributed by atoms with Gasteiger partial charge >= 0.3 is 0 Å². The Hall–Kier alpha value is -0.750. The zero-order valence-electron chi connectivity index (χ0n) is 10.8. The smallest absolute Gasteiger partial charge is 0.261 e. The van der Waals surface area contributed by atoms with Crippen LogP contribution in [0, 0.1) is 0 Å². The van der Waals surface area contributed by atoms with Crippen molar-refractivity contribution in [2.45, 2.75) is 50.6 Å². The Balaban J connectivity index is 2.06. The van der Waals surface area contributed by atoms with E-state index in [2.05, 4.69) is 15.4 Å². The molecule has 0 aromatic carbocycles. The first-order chi connectivity index (χ1) is 8.61. The van der Waals surface area contributed by atoms with Crippen molar-refractivity contribution in [1.82, 2.24) is 10.6 Å². The van der Waals surface area contributed by atoms with Crippen LogP contribution in [0.1, 0.15) is 32.1 Å². The van der Waals surface area contributed by atoms with Crippen LogP contribution < -0.4 is 10.6 Å².